The van der Waals surface area contributed by atoms with Gasteiger partial charge in [0.05, 0.1) is 5.92 Å². The summed E-state index contributed by atoms with van der Waals surface area (Å²) in [6.45, 7) is -0.0694. The normalized spacial score (nSPS) is 22.3. The Morgan fingerprint density at radius 3 is 2.20 bits per heavy atom. The number of piperidine rings is 1. The number of nitrogens with zero attached hydrogens (tertiary/aromatic N) is 1. The first kappa shape index (κ1) is 14.0. The molecule has 1 saturated heterocycles. The first-order valence-corrected chi connectivity index (χ1v) is 6.32. The molecule has 20 heavy (non-hydrogen) atoms. The lowest BCUT2D eigenvalue weighted by atomic mass is 9.92. The molecule has 2 unspecified atom stereocenters. The number of aliphatic carboxylic acids is 2. The van der Waals surface area contributed by atoms with E-state index < -0.39 is 29.8 Å². The van der Waals surface area contributed by atoms with Gasteiger partial charge in [0.15, 0.2) is 0 Å². The predicted octanol–water partition coefficient (Wildman–Crippen LogP) is 1.08. The molecule has 1 aromatic carbocycles. The van der Waals surface area contributed by atoms with Crippen molar-refractivity contribution in [2.75, 3.05) is 6.54 Å². The summed E-state index contributed by atoms with van der Waals surface area (Å²) in [6.07, 6.45) is 0.426. The van der Waals surface area contributed by atoms with Crippen molar-refractivity contribution < 1.29 is 24.6 Å². The van der Waals surface area contributed by atoms with Gasteiger partial charge in [0, 0.05) is 12.1 Å². The van der Waals surface area contributed by atoms with Crippen molar-refractivity contribution in [3.05, 3.63) is 35.9 Å². The van der Waals surface area contributed by atoms with Crippen LogP contribution in [0.15, 0.2) is 30.3 Å². The van der Waals surface area contributed by atoms with Crippen LogP contribution in [-0.4, -0.2) is 45.5 Å². The van der Waals surface area contributed by atoms with Crippen molar-refractivity contribution in [3.63, 3.8) is 0 Å². The number of carbonyl (C=O) groups excluding carboxylic acids is 1. The average Bonchev–Trinajstić information content (AvgIpc) is 2.46. The predicted molar refractivity (Wildman–Crippen MR) is 69.3 cm³/mol. The number of carboxylic acid groups (broad SMARTS) is 2. The molecule has 1 aliphatic heterocycles. The smallest absolute Gasteiger partial charge is 0.326 e. The number of amides is 1. The molecule has 106 valence electrons. The van der Waals surface area contributed by atoms with Crippen LogP contribution in [0, 0.1) is 5.92 Å². The summed E-state index contributed by atoms with van der Waals surface area (Å²) in [5.74, 6) is -3.25. The van der Waals surface area contributed by atoms with Gasteiger partial charge in [-0.1, -0.05) is 18.2 Å². The molecule has 0 bridgehead atoms. The summed E-state index contributed by atoms with van der Waals surface area (Å²) >= 11 is 0. The lowest BCUT2D eigenvalue weighted by molar-refractivity contribution is -0.150. The minimum atomic E-state index is -1.10. The molecule has 1 heterocycles. The molecule has 1 aliphatic rings. The molecule has 0 aromatic heterocycles. The molecule has 1 aromatic rings. The summed E-state index contributed by atoms with van der Waals surface area (Å²) < 4.78 is 0. The van der Waals surface area contributed by atoms with E-state index in [4.69, 9.17) is 5.11 Å². The van der Waals surface area contributed by atoms with Crippen molar-refractivity contribution in [2.45, 2.75) is 18.9 Å². The molecule has 0 radical (unpaired) electrons. The molecule has 0 aliphatic carbocycles. The molecule has 0 saturated carbocycles. The Kier molecular flexibility index (Phi) is 4.02. The Labute approximate surface area is 115 Å². The van der Waals surface area contributed by atoms with Crippen molar-refractivity contribution in [1.29, 1.82) is 0 Å². The number of hydrogen-bond donors (Lipinski definition) is 2. The fraction of sp³-hybridized carbons (Fsp3) is 0.357. The van der Waals surface area contributed by atoms with Gasteiger partial charge in [0.25, 0.3) is 5.91 Å². The van der Waals surface area contributed by atoms with Gasteiger partial charge in [0.1, 0.15) is 6.04 Å². The van der Waals surface area contributed by atoms with Gasteiger partial charge < -0.3 is 15.1 Å². The van der Waals surface area contributed by atoms with Crippen LogP contribution in [0.3, 0.4) is 0 Å². The second-order valence-electron chi connectivity index (χ2n) is 4.79. The van der Waals surface area contributed by atoms with Gasteiger partial charge in [-0.2, -0.15) is 0 Å². The molecule has 6 heteroatoms. The van der Waals surface area contributed by atoms with E-state index in [9.17, 15) is 19.5 Å². The van der Waals surface area contributed by atoms with Crippen molar-refractivity contribution >= 4 is 17.8 Å². The highest BCUT2D eigenvalue weighted by Gasteiger charge is 2.38. The van der Waals surface area contributed by atoms with Crippen molar-refractivity contribution in [2.24, 2.45) is 5.92 Å². The van der Waals surface area contributed by atoms with Gasteiger partial charge in [-0.05, 0) is 25.0 Å². The fourth-order valence-electron chi connectivity index (χ4n) is 2.40. The third kappa shape index (κ3) is 2.79. The van der Waals surface area contributed by atoms with Crippen LogP contribution >= 0.6 is 0 Å². The Morgan fingerprint density at radius 2 is 1.65 bits per heavy atom. The number of likely N-dealkylation sites (tertiary alicyclic amines) is 1. The summed E-state index contributed by atoms with van der Waals surface area (Å²) in [5.41, 5.74) is 0.366. The van der Waals surface area contributed by atoms with Crippen molar-refractivity contribution in [3.8, 4) is 0 Å². The zero-order chi connectivity index (χ0) is 14.7. The topological polar surface area (TPSA) is 94.9 Å². The molecule has 1 fully saturated rings. The quantitative estimate of drug-likeness (QED) is 0.862. The second kappa shape index (κ2) is 5.73. The minimum Gasteiger partial charge on any atom is -0.481 e. The molecule has 6 nitrogen and oxygen atoms in total. The highest BCUT2D eigenvalue weighted by atomic mass is 16.4. The fourth-order valence-corrected chi connectivity index (χ4v) is 2.40. The molecule has 1 amide bonds. The maximum absolute atomic E-state index is 12.4. The highest BCUT2D eigenvalue weighted by Crippen LogP contribution is 2.24. The van der Waals surface area contributed by atoms with Gasteiger partial charge in [-0.25, -0.2) is 4.79 Å². The molecular formula is C14H15NO5. The summed E-state index contributed by atoms with van der Waals surface area (Å²) in [6, 6.07) is 7.33. The second-order valence-corrected chi connectivity index (χ2v) is 4.79. The van der Waals surface area contributed by atoms with Crippen LogP contribution in [0.5, 0.6) is 0 Å². The highest BCUT2D eigenvalue weighted by molar-refractivity contribution is 5.97. The van der Waals surface area contributed by atoms with Gasteiger partial charge in [0.2, 0.25) is 0 Å². The standard InChI is InChI=1S/C14H15NO5/c16-12(9-4-2-1-3-5-9)15-8-10(13(17)18)6-7-11(15)14(19)20/h1-5,10-11H,6-8H2,(H,17,18)(H,19,20). The number of carboxylic acids is 2. The Bertz CT molecular complexity index is 528. The lowest BCUT2D eigenvalue weighted by Gasteiger charge is -2.36. The Morgan fingerprint density at radius 1 is 1.00 bits per heavy atom. The zero-order valence-electron chi connectivity index (χ0n) is 10.7. The van der Waals surface area contributed by atoms with E-state index >= 15 is 0 Å². The van der Waals surface area contributed by atoms with E-state index in [1.165, 1.54) is 0 Å². The first-order chi connectivity index (χ1) is 9.50. The number of hydrogen-bond acceptors (Lipinski definition) is 3. The van der Waals surface area contributed by atoms with Crippen LogP contribution in [0.25, 0.3) is 0 Å². The molecule has 2 rings (SSSR count). The van der Waals surface area contributed by atoms with Crippen LogP contribution < -0.4 is 0 Å². The van der Waals surface area contributed by atoms with E-state index in [1.54, 1.807) is 30.3 Å². The largest absolute Gasteiger partial charge is 0.481 e. The van der Waals surface area contributed by atoms with Crippen LogP contribution in [0.4, 0.5) is 0 Å². The number of carbonyl (C=O) groups is 3. The Hall–Kier alpha value is -2.37. The third-order valence-corrected chi connectivity index (χ3v) is 3.50. The summed E-state index contributed by atoms with van der Waals surface area (Å²) in [4.78, 5) is 35.8. The summed E-state index contributed by atoms with van der Waals surface area (Å²) in [5, 5.41) is 18.2. The molecule has 2 atom stereocenters. The molecule has 2 N–H and O–H groups in total. The van der Waals surface area contributed by atoms with E-state index in [2.05, 4.69) is 0 Å². The van der Waals surface area contributed by atoms with E-state index in [0.29, 0.717) is 5.56 Å². The SMILES string of the molecule is O=C(O)C1CCC(C(=O)O)N(C(=O)c2ccccc2)C1. The first-order valence-electron chi connectivity index (χ1n) is 6.32. The maximum Gasteiger partial charge on any atom is 0.326 e. The molecular weight excluding hydrogens is 262 g/mol. The van der Waals surface area contributed by atoms with Crippen LogP contribution in [0.2, 0.25) is 0 Å². The van der Waals surface area contributed by atoms with E-state index in [1.807, 2.05) is 0 Å². The monoisotopic (exact) mass is 277 g/mol. The average molecular weight is 277 g/mol. The minimum absolute atomic E-state index is 0.0694. The van der Waals surface area contributed by atoms with E-state index in [-0.39, 0.29) is 19.4 Å². The number of rotatable bonds is 3. The summed E-state index contributed by atoms with van der Waals surface area (Å²) in [7, 11) is 0. The lowest BCUT2D eigenvalue weighted by Crippen LogP contribution is -2.52. The molecule has 0 spiro atoms. The van der Waals surface area contributed by atoms with E-state index in [0.717, 1.165) is 4.90 Å². The zero-order valence-corrected chi connectivity index (χ0v) is 10.7. The van der Waals surface area contributed by atoms with Gasteiger partial charge in [-0.3, -0.25) is 9.59 Å². The maximum atomic E-state index is 12.4. The number of benzene rings is 1. The Balaban J connectivity index is 2.25. The van der Waals surface area contributed by atoms with Crippen LogP contribution in [-0.2, 0) is 9.59 Å². The van der Waals surface area contributed by atoms with Crippen molar-refractivity contribution in [1.82, 2.24) is 4.90 Å². The van der Waals surface area contributed by atoms with Gasteiger partial charge >= 0.3 is 11.9 Å². The third-order valence-electron chi connectivity index (χ3n) is 3.50. The van der Waals surface area contributed by atoms with Gasteiger partial charge in [-0.15, -0.1) is 0 Å². The van der Waals surface area contributed by atoms with Crippen LogP contribution in [0.1, 0.15) is 23.2 Å².